The standard InChI is InChI=1S/C16H11F5N2O3S2/c1-26-15-9(2-3-27-15)13-4-8(7-22-13)28(24,25)23-14-6-11(17)10(5-12(14)18)16(19,20)21/h2-7,22-23H,1H3. The molecule has 0 radical (unpaired) electrons. The van der Waals surface area contributed by atoms with Crippen LogP contribution in [0.4, 0.5) is 27.6 Å². The average Bonchev–Trinajstić information content (AvgIpc) is 3.24. The number of ether oxygens (including phenoxy) is 1. The fourth-order valence-electron chi connectivity index (χ4n) is 2.38. The molecule has 0 bridgehead atoms. The van der Waals surface area contributed by atoms with Gasteiger partial charge in [0.05, 0.1) is 29.6 Å². The van der Waals surface area contributed by atoms with Gasteiger partial charge in [-0.05, 0) is 23.6 Å². The first kappa shape index (κ1) is 20.1. The highest BCUT2D eigenvalue weighted by Crippen LogP contribution is 2.36. The van der Waals surface area contributed by atoms with Gasteiger partial charge in [-0.25, -0.2) is 17.2 Å². The summed E-state index contributed by atoms with van der Waals surface area (Å²) < 4.78 is 97.1. The van der Waals surface area contributed by atoms with Crippen LogP contribution in [-0.4, -0.2) is 20.5 Å². The number of aromatic nitrogens is 1. The van der Waals surface area contributed by atoms with E-state index in [-0.39, 0.29) is 17.0 Å². The summed E-state index contributed by atoms with van der Waals surface area (Å²) in [5.74, 6) is -3.36. The van der Waals surface area contributed by atoms with Gasteiger partial charge >= 0.3 is 6.18 Å². The number of nitrogens with one attached hydrogen (secondary N) is 2. The van der Waals surface area contributed by atoms with Crippen LogP contribution in [0.5, 0.6) is 5.06 Å². The van der Waals surface area contributed by atoms with Crippen molar-refractivity contribution in [3.63, 3.8) is 0 Å². The molecule has 0 fully saturated rings. The van der Waals surface area contributed by atoms with E-state index >= 15 is 0 Å². The molecule has 0 aliphatic heterocycles. The van der Waals surface area contributed by atoms with Crippen LogP contribution < -0.4 is 9.46 Å². The molecule has 0 amide bonds. The summed E-state index contributed by atoms with van der Waals surface area (Å²) in [7, 11) is -2.95. The first-order valence-corrected chi connectivity index (χ1v) is 9.78. The third-order valence-corrected chi connectivity index (χ3v) is 5.90. The molecule has 0 saturated carbocycles. The number of sulfonamides is 1. The predicted molar refractivity (Wildman–Crippen MR) is 92.8 cm³/mol. The zero-order chi connectivity index (χ0) is 20.7. The van der Waals surface area contributed by atoms with Crippen LogP contribution >= 0.6 is 11.3 Å². The van der Waals surface area contributed by atoms with Crippen molar-refractivity contribution in [1.82, 2.24) is 4.98 Å². The molecule has 2 aromatic heterocycles. The summed E-state index contributed by atoms with van der Waals surface area (Å²) in [6.45, 7) is 0. The fraction of sp³-hybridized carbons (Fsp3) is 0.125. The molecule has 0 saturated heterocycles. The summed E-state index contributed by atoms with van der Waals surface area (Å²) in [6, 6.07) is 2.95. The van der Waals surface area contributed by atoms with E-state index in [1.807, 2.05) is 0 Å². The van der Waals surface area contributed by atoms with E-state index in [0.717, 1.165) is 6.20 Å². The number of hydrogen-bond donors (Lipinski definition) is 2. The quantitative estimate of drug-likeness (QED) is 0.560. The topological polar surface area (TPSA) is 71.2 Å². The van der Waals surface area contributed by atoms with Crippen molar-refractivity contribution >= 4 is 27.0 Å². The SMILES string of the molecule is COc1sccc1-c1cc(S(=O)(=O)Nc2cc(F)c(C(F)(F)F)cc2F)c[nH]1. The molecule has 2 N–H and O–H groups in total. The highest BCUT2D eigenvalue weighted by Gasteiger charge is 2.35. The normalized spacial score (nSPS) is 12.2. The maximum atomic E-state index is 13.9. The van der Waals surface area contributed by atoms with Crippen molar-refractivity contribution in [3.05, 3.63) is 53.0 Å². The number of aromatic amines is 1. The lowest BCUT2D eigenvalue weighted by Gasteiger charge is -2.12. The van der Waals surface area contributed by atoms with Crippen molar-refractivity contribution in [2.45, 2.75) is 11.1 Å². The number of methoxy groups -OCH3 is 1. The molecule has 2 heterocycles. The van der Waals surface area contributed by atoms with Gasteiger partial charge in [-0.15, -0.1) is 11.3 Å². The summed E-state index contributed by atoms with van der Waals surface area (Å²) >= 11 is 1.28. The van der Waals surface area contributed by atoms with E-state index in [1.165, 1.54) is 24.5 Å². The molecule has 0 spiro atoms. The lowest BCUT2D eigenvalue weighted by molar-refractivity contribution is -0.140. The predicted octanol–water partition coefficient (Wildman–Crippen LogP) is 4.85. The molecule has 3 rings (SSSR count). The minimum absolute atomic E-state index is 0.105. The number of alkyl halides is 3. The van der Waals surface area contributed by atoms with E-state index in [0.29, 0.717) is 16.3 Å². The van der Waals surface area contributed by atoms with Crippen molar-refractivity contribution in [1.29, 1.82) is 0 Å². The van der Waals surface area contributed by atoms with Gasteiger partial charge in [0, 0.05) is 12.3 Å². The molecular formula is C16H11F5N2O3S2. The monoisotopic (exact) mass is 438 g/mol. The Labute approximate surface area is 159 Å². The number of anilines is 1. The number of hydrogen-bond acceptors (Lipinski definition) is 4. The van der Waals surface area contributed by atoms with Gasteiger partial charge in [-0.2, -0.15) is 13.2 Å². The Hall–Kier alpha value is -2.60. The third kappa shape index (κ3) is 3.83. The molecule has 5 nitrogen and oxygen atoms in total. The fourth-order valence-corrected chi connectivity index (χ4v) is 4.16. The number of benzene rings is 1. The van der Waals surface area contributed by atoms with Crippen molar-refractivity contribution in [3.8, 4) is 16.3 Å². The van der Waals surface area contributed by atoms with E-state index in [1.54, 1.807) is 16.2 Å². The maximum Gasteiger partial charge on any atom is 0.419 e. The molecule has 0 atom stereocenters. The van der Waals surface area contributed by atoms with Gasteiger partial charge < -0.3 is 9.72 Å². The molecule has 3 aromatic rings. The smallest absolute Gasteiger partial charge is 0.419 e. The van der Waals surface area contributed by atoms with Crippen molar-refractivity contribution < 1.29 is 35.1 Å². The van der Waals surface area contributed by atoms with Crippen LogP contribution in [0, 0.1) is 11.6 Å². The Morgan fingerprint density at radius 1 is 1.14 bits per heavy atom. The van der Waals surface area contributed by atoms with E-state index < -0.39 is 39.1 Å². The van der Waals surface area contributed by atoms with Crippen LogP contribution in [0.1, 0.15) is 5.56 Å². The van der Waals surface area contributed by atoms with Crippen LogP contribution in [0.3, 0.4) is 0 Å². The highest BCUT2D eigenvalue weighted by molar-refractivity contribution is 7.92. The first-order valence-electron chi connectivity index (χ1n) is 7.42. The third-order valence-electron chi connectivity index (χ3n) is 3.68. The molecule has 28 heavy (non-hydrogen) atoms. The largest absolute Gasteiger partial charge is 0.487 e. The summed E-state index contributed by atoms with van der Waals surface area (Å²) in [4.78, 5) is 2.40. The molecule has 0 aliphatic carbocycles. The lowest BCUT2D eigenvalue weighted by Crippen LogP contribution is -2.15. The Balaban J connectivity index is 1.92. The Morgan fingerprint density at radius 2 is 1.86 bits per heavy atom. The van der Waals surface area contributed by atoms with Crippen LogP contribution in [0.15, 0.2) is 40.7 Å². The summed E-state index contributed by atoms with van der Waals surface area (Å²) in [5.41, 5.74) is -1.80. The van der Waals surface area contributed by atoms with Crippen LogP contribution in [0.25, 0.3) is 11.3 Å². The minimum atomic E-state index is -5.11. The molecule has 0 aliphatic rings. The second kappa shape index (κ2) is 7.09. The van der Waals surface area contributed by atoms with E-state index in [4.69, 9.17) is 4.74 Å². The number of halogens is 5. The molecule has 0 unspecified atom stereocenters. The second-order valence-corrected chi connectivity index (χ2v) is 8.05. The average molecular weight is 438 g/mol. The number of thiophene rings is 1. The molecule has 150 valence electrons. The van der Waals surface area contributed by atoms with Gasteiger partial charge in [0.15, 0.2) is 5.06 Å². The zero-order valence-electron chi connectivity index (χ0n) is 13.9. The van der Waals surface area contributed by atoms with Gasteiger partial charge in [-0.3, -0.25) is 4.72 Å². The van der Waals surface area contributed by atoms with Gasteiger partial charge in [0.25, 0.3) is 10.0 Å². The molecular weight excluding hydrogens is 427 g/mol. The Kier molecular flexibility index (Phi) is 5.10. The van der Waals surface area contributed by atoms with Gasteiger partial charge in [-0.1, -0.05) is 0 Å². The lowest BCUT2D eigenvalue weighted by atomic mass is 10.2. The summed E-state index contributed by atoms with van der Waals surface area (Å²) in [6.07, 6.45) is -4.01. The maximum absolute atomic E-state index is 13.9. The molecule has 1 aromatic carbocycles. The van der Waals surface area contributed by atoms with Crippen molar-refractivity contribution in [2.75, 3.05) is 11.8 Å². The Morgan fingerprint density at radius 3 is 2.50 bits per heavy atom. The number of H-pyrrole nitrogens is 1. The minimum Gasteiger partial charge on any atom is -0.487 e. The molecule has 12 heteroatoms. The van der Waals surface area contributed by atoms with Crippen LogP contribution in [-0.2, 0) is 16.2 Å². The van der Waals surface area contributed by atoms with Crippen molar-refractivity contribution in [2.24, 2.45) is 0 Å². The zero-order valence-corrected chi connectivity index (χ0v) is 15.5. The van der Waals surface area contributed by atoms with E-state index in [9.17, 15) is 30.4 Å². The Bertz CT molecular complexity index is 1120. The highest BCUT2D eigenvalue weighted by atomic mass is 32.2. The van der Waals surface area contributed by atoms with E-state index in [2.05, 4.69) is 4.98 Å². The van der Waals surface area contributed by atoms with Crippen LogP contribution in [0.2, 0.25) is 0 Å². The second-order valence-electron chi connectivity index (χ2n) is 5.49. The van der Waals surface area contributed by atoms with Gasteiger partial charge in [0.2, 0.25) is 0 Å². The number of rotatable bonds is 5. The van der Waals surface area contributed by atoms with Gasteiger partial charge in [0.1, 0.15) is 16.5 Å². The summed E-state index contributed by atoms with van der Waals surface area (Å²) in [5, 5.41) is 2.25. The first-order chi connectivity index (χ1) is 13.0.